The lowest BCUT2D eigenvalue weighted by Gasteiger charge is -2.17. The second kappa shape index (κ2) is 7.46. The molecular weight excluding hydrogens is 264 g/mol. The van der Waals surface area contributed by atoms with Gasteiger partial charge in [-0.3, -0.25) is 4.79 Å². The standard InChI is InChI=1S/C17H26N2O2/c1-4-5-11-19-17(20)12(2)21-16-8-6-7-13-14(16)9-10-15(13)18-3/h6-8,12,15,18H,4-5,9-11H2,1-3H3,(H,19,20). The molecule has 2 atom stereocenters. The molecule has 0 saturated carbocycles. The summed E-state index contributed by atoms with van der Waals surface area (Å²) >= 11 is 0. The minimum Gasteiger partial charge on any atom is -0.481 e. The summed E-state index contributed by atoms with van der Waals surface area (Å²) in [4.78, 5) is 12.0. The van der Waals surface area contributed by atoms with Crippen molar-refractivity contribution in [2.75, 3.05) is 13.6 Å². The van der Waals surface area contributed by atoms with Crippen LogP contribution >= 0.6 is 0 Å². The maximum Gasteiger partial charge on any atom is 0.260 e. The zero-order valence-corrected chi connectivity index (χ0v) is 13.2. The summed E-state index contributed by atoms with van der Waals surface area (Å²) in [7, 11) is 1.98. The van der Waals surface area contributed by atoms with Crippen LogP contribution in [0.5, 0.6) is 5.75 Å². The van der Waals surface area contributed by atoms with E-state index in [1.807, 2.05) is 26.1 Å². The van der Waals surface area contributed by atoms with Gasteiger partial charge in [0, 0.05) is 12.6 Å². The lowest BCUT2D eigenvalue weighted by molar-refractivity contribution is -0.127. The van der Waals surface area contributed by atoms with Crippen molar-refractivity contribution in [1.29, 1.82) is 0 Å². The molecule has 1 amide bonds. The molecule has 0 fully saturated rings. The first-order valence-electron chi connectivity index (χ1n) is 7.90. The Bertz CT molecular complexity index is 488. The Kier molecular flexibility index (Phi) is 5.62. The van der Waals surface area contributed by atoms with Crippen molar-refractivity contribution in [1.82, 2.24) is 10.6 Å². The molecule has 1 aromatic carbocycles. The van der Waals surface area contributed by atoms with Crippen molar-refractivity contribution < 1.29 is 9.53 Å². The van der Waals surface area contributed by atoms with Gasteiger partial charge in [0.25, 0.3) is 5.91 Å². The van der Waals surface area contributed by atoms with Gasteiger partial charge in [-0.25, -0.2) is 0 Å². The molecule has 0 heterocycles. The maximum absolute atomic E-state index is 12.0. The molecule has 0 aromatic heterocycles. The molecule has 4 heteroatoms. The summed E-state index contributed by atoms with van der Waals surface area (Å²) in [5.74, 6) is 0.813. The van der Waals surface area contributed by atoms with Crippen LogP contribution in [-0.2, 0) is 11.2 Å². The second-order valence-electron chi connectivity index (χ2n) is 5.61. The van der Waals surface area contributed by atoms with Crippen LogP contribution in [0.2, 0.25) is 0 Å². The first-order valence-corrected chi connectivity index (χ1v) is 7.90. The van der Waals surface area contributed by atoms with Gasteiger partial charge >= 0.3 is 0 Å². The van der Waals surface area contributed by atoms with E-state index in [0.29, 0.717) is 6.04 Å². The van der Waals surface area contributed by atoms with Crippen LogP contribution in [0.4, 0.5) is 0 Å². The molecule has 1 aliphatic carbocycles. The van der Waals surface area contributed by atoms with Crippen molar-refractivity contribution in [3.05, 3.63) is 29.3 Å². The molecule has 0 aliphatic heterocycles. The number of carbonyl (C=O) groups is 1. The van der Waals surface area contributed by atoms with E-state index in [0.717, 1.165) is 38.0 Å². The third kappa shape index (κ3) is 3.76. The summed E-state index contributed by atoms with van der Waals surface area (Å²) in [5, 5.41) is 6.24. The monoisotopic (exact) mass is 290 g/mol. The molecule has 4 nitrogen and oxygen atoms in total. The van der Waals surface area contributed by atoms with Crippen LogP contribution in [0.15, 0.2) is 18.2 Å². The molecule has 1 aliphatic rings. The lowest BCUT2D eigenvalue weighted by atomic mass is 10.1. The molecule has 0 bridgehead atoms. The zero-order valence-electron chi connectivity index (χ0n) is 13.2. The number of amides is 1. The Labute approximate surface area is 127 Å². The molecule has 21 heavy (non-hydrogen) atoms. The molecule has 1 aromatic rings. The van der Waals surface area contributed by atoms with E-state index in [1.165, 1.54) is 11.1 Å². The Morgan fingerprint density at radius 2 is 2.29 bits per heavy atom. The third-order valence-electron chi connectivity index (χ3n) is 4.08. The van der Waals surface area contributed by atoms with Crippen LogP contribution in [-0.4, -0.2) is 25.6 Å². The summed E-state index contributed by atoms with van der Waals surface area (Å²) in [6.45, 7) is 4.64. The van der Waals surface area contributed by atoms with E-state index >= 15 is 0 Å². The van der Waals surface area contributed by atoms with Gasteiger partial charge in [-0.05, 0) is 50.4 Å². The highest BCUT2D eigenvalue weighted by molar-refractivity contribution is 5.80. The van der Waals surface area contributed by atoms with Crippen molar-refractivity contribution in [3.63, 3.8) is 0 Å². The topological polar surface area (TPSA) is 50.4 Å². The second-order valence-corrected chi connectivity index (χ2v) is 5.61. The molecule has 0 spiro atoms. The fourth-order valence-corrected chi connectivity index (χ4v) is 2.81. The van der Waals surface area contributed by atoms with Crippen LogP contribution in [0.1, 0.15) is 50.3 Å². The number of hydrogen-bond donors (Lipinski definition) is 2. The van der Waals surface area contributed by atoms with E-state index in [2.05, 4.69) is 23.6 Å². The Morgan fingerprint density at radius 3 is 3.00 bits per heavy atom. The van der Waals surface area contributed by atoms with Gasteiger partial charge in [-0.15, -0.1) is 0 Å². The highest BCUT2D eigenvalue weighted by atomic mass is 16.5. The molecule has 0 saturated heterocycles. The third-order valence-corrected chi connectivity index (χ3v) is 4.08. The Hall–Kier alpha value is -1.55. The quantitative estimate of drug-likeness (QED) is 0.759. The first kappa shape index (κ1) is 15.8. The number of carbonyl (C=O) groups excluding carboxylic acids is 1. The lowest BCUT2D eigenvalue weighted by Crippen LogP contribution is -2.36. The normalized spacial score (nSPS) is 18.1. The van der Waals surface area contributed by atoms with E-state index in [4.69, 9.17) is 4.74 Å². The van der Waals surface area contributed by atoms with Crippen LogP contribution < -0.4 is 15.4 Å². The van der Waals surface area contributed by atoms with Gasteiger partial charge < -0.3 is 15.4 Å². The van der Waals surface area contributed by atoms with E-state index in [1.54, 1.807) is 0 Å². The van der Waals surface area contributed by atoms with Crippen molar-refractivity contribution in [2.45, 2.75) is 51.7 Å². The number of unbranched alkanes of at least 4 members (excludes halogenated alkanes) is 1. The van der Waals surface area contributed by atoms with Gasteiger partial charge in [0.1, 0.15) is 5.75 Å². The van der Waals surface area contributed by atoms with E-state index in [9.17, 15) is 4.79 Å². The predicted molar refractivity (Wildman–Crippen MR) is 84.6 cm³/mol. The summed E-state index contributed by atoms with van der Waals surface area (Å²) < 4.78 is 5.90. The molecule has 2 rings (SSSR count). The molecule has 2 N–H and O–H groups in total. The van der Waals surface area contributed by atoms with Crippen molar-refractivity contribution in [2.24, 2.45) is 0 Å². The van der Waals surface area contributed by atoms with Crippen LogP contribution in [0.3, 0.4) is 0 Å². The molecule has 0 radical (unpaired) electrons. The number of fused-ring (bicyclic) bond motifs is 1. The van der Waals surface area contributed by atoms with Crippen molar-refractivity contribution in [3.8, 4) is 5.75 Å². The highest BCUT2D eigenvalue weighted by Crippen LogP contribution is 2.36. The van der Waals surface area contributed by atoms with Gasteiger partial charge in [0.2, 0.25) is 0 Å². The SMILES string of the molecule is CCCCNC(=O)C(C)Oc1cccc2c1CCC2NC. The number of hydrogen-bond acceptors (Lipinski definition) is 3. The molecule has 116 valence electrons. The minimum atomic E-state index is -0.456. The first-order chi connectivity index (χ1) is 10.2. The van der Waals surface area contributed by atoms with E-state index < -0.39 is 6.10 Å². The van der Waals surface area contributed by atoms with E-state index in [-0.39, 0.29) is 5.91 Å². The van der Waals surface area contributed by atoms with Crippen molar-refractivity contribution >= 4 is 5.91 Å². The Morgan fingerprint density at radius 1 is 1.48 bits per heavy atom. The number of nitrogens with one attached hydrogen (secondary N) is 2. The van der Waals surface area contributed by atoms with Gasteiger partial charge in [-0.1, -0.05) is 25.5 Å². The fraction of sp³-hybridized carbons (Fsp3) is 0.588. The molecular formula is C17H26N2O2. The average Bonchev–Trinajstić information content (AvgIpc) is 2.91. The zero-order chi connectivity index (χ0) is 15.2. The smallest absolute Gasteiger partial charge is 0.260 e. The number of ether oxygens (including phenoxy) is 1. The average molecular weight is 290 g/mol. The van der Waals surface area contributed by atoms with Gasteiger partial charge in [0.15, 0.2) is 6.10 Å². The summed E-state index contributed by atoms with van der Waals surface area (Å²) in [6.07, 6.45) is 3.71. The summed E-state index contributed by atoms with van der Waals surface area (Å²) in [6, 6.07) is 6.51. The summed E-state index contributed by atoms with van der Waals surface area (Å²) in [5.41, 5.74) is 2.54. The maximum atomic E-state index is 12.0. The van der Waals surface area contributed by atoms with Crippen LogP contribution in [0, 0.1) is 0 Å². The molecule has 2 unspecified atom stereocenters. The van der Waals surface area contributed by atoms with Gasteiger partial charge in [-0.2, -0.15) is 0 Å². The fourth-order valence-electron chi connectivity index (χ4n) is 2.81. The van der Waals surface area contributed by atoms with Crippen LogP contribution in [0.25, 0.3) is 0 Å². The Balaban J connectivity index is 2.00. The van der Waals surface area contributed by atoms with Gasteiger partial charge in [0.05, 0.1) is 0 Å². The largest absolute Gasteiger partial charge is 0.481 e. The number of rotatable bonds is 7. The number of benzene rings is 1. The highest BCUT2D eigenvalue weighted by Gasteiger charge is 2.25. The minimum absolute atomic E-state index is 0.0378. The predicted octanol–water partition coefficient (Wildman–Crippen LogP) is 2.58.